The first kappa shape index (κ1) is 11.4. The van der Waals surface area contributed by atoms with E-state index < -0.39 is 0 Å². The third kappa shape index (κ3) is 2.19. The summed E-state index contributed by atoms with van der Waals surface area (Å²) in [5, 5.41) is 3.44. The number of aryl methyl sites for hydroxylation is 1. The second-order valence-corrected chi connectivity index (χ2v) is 5.05. The van der Waals surface area contributed by atoms with E-state index in [0.717, 1.165) is 12.4 Å². The lowest BCUT2D eigenvalue weighted by atomic mass is 9.75. The van der Waals surface area contributed by atoms with Crippen LogP contribution < -0.4 is 5.32 Å². The summed E-state index contributed by atoms with van der Waals surface area (Å²) in [5.74, 6) is 0.985. The van der Waals surface area contributed by atoms with Crippen molar-refractivity contribution in [2.24, 2.45) is 0 Å². The van der Waals surface area contributed by atoms with Gasteiger partial charge in [0.05, 0.1) is 0 Å². The van der Waals surface area contributed by atoms with Crippen molar-refractivity contribution >= 4 is 5.82 Å². The van der Waals surface area contributed by atoms with Gasteiger partial charge in [0, 0.05) is 18.3 Å². The number of likely N-dealkylation sites (N-methyl/N-ethyl adjacent to an activating group) is 1. The number of nitrogens with zero attached hydrogens (tertiary/aromatic N) is 2. The Bertz CT molecular complexity index is 339. The zero-order valence-corrected chi connectivity index (χ0v) is 10.5. The third-order valence-electron chi connectivity index (χ3n) is 3.74. The molecule has 1 aliphatic rings. The highest BCUT2D eigenvalue weighted by molar-refractivity contribution is 5.36. The van der Waals surface area contributed by atoms with Gasteiger partial charge in [-0.15, -0.1) is 0 Å². The quantitative estimate of drug-likeness (QED) is 0.842. The highest BCUT2D eigenvalue weighted by Gasteiger charge is 2.38. The van der Waals surface area contributed by atoms with E-state index in [4.69, 9.17) is 0 Å². The Balaban J connectivity index is 1.93. The molecule has 0 amide bonds. The van der Waals surface area contributed by atoms with E-state index in [9.17, 15) is 0 Å². The molecule has 0 aromatic carbocycles. The smallest absolute Gasteiger partial charge is 0.125 e. The Morgan fingerprint density at radius 2 is 2.12 bits per heavy atom. The van der Waals surface area contributed by atoms with Crippen LogP contribution in [0.1, 0.15) is 24.8 Å². The maximum Gasteiger partial charge on any atom is 0.125 e. The van der Waals surface area contributed by atoms with Crippen LogP contribution in [-0.2, 0) is 0 Å². The first-order valence-electron chi connectivity index (χ1n) is 5.96. The van der Waals surface area contributed by atoms with Crippen LogP contribution in [0.15, 0.2) is 18.3 Å². The largest absolute Gasteiger partial charge is 0.368 e. The minimum absolute atomic E-state index is 0.354. The minimum atomic E-state index is 0.354. The molecule has 1 aromatic heterocycles. The minimum Gasteiger partial charge on any atom is -0.368 e. The Morgan fingerprint density at radius 1 is 1.38 bits per heavy atom. The molecule has 0 unspecified atom stereocenters. The van der Waals surface area contributed by atoms with Crippen LogP contribution in [0.5, 0.6) is 0 Å². The molecule has 88 valence electrons. The normalized spacial score (nSPS) is 18.2. The number of rotatable bonds is 4. The van der Waals surface area contributed by atoms with Crippen molar-refractivity contribution in [1.82, 2.24) is 9.88 Å². The molecule has 1 N–H and O–H groups in total. The molecule has 2 rings (SSSR count). The monoisotopic (exact) mass is 219 g/mol. The SMILES string of the molecule is Cc1ccc(NCC2(N(C)C)CCC2)nc1. The molecule has 0 bridgehead atoms. The fourth-order valence-corrected chi connectivity index (χ4v) is 2.19. The first-order valence-corrected chi connectivity index (χ1v) is 5.96. The second-order valence-electron chi connectivity index (χ2n) is 5.05. The highest BCUT2D eigenvalue weighted by atomic mass is 15.2. The predicted octanol–water partition coefficient (Wildman–Crippen LogP) is 2.29. The number of hydrogen-bond donors (Lipinski definition) is 1. The summed E-state index contributed by atoms with van der Waals surface area (Å²) >= 11 is 0. The van der Waals surface area contributed by atoms with Gasteiger partial charge in [0.2, 0.25) is 0 Å². The van der Waals surface area contributed by atoms with Crippen molar-refractivity contribution in [3.63, 3.8) is 0 Å². The van der Waals surface area contributed by atoms with Crippen LogP contribution in [0.25, 0.3) is 0 Å². The molecule has 3 heteroatoms. The summed E-state index contributed by atoms with van der Waals surface area (Å²) in [6.45, 7) is 3.06. The van der Waals surface area contributed by atoms with Crippen LogP contribution in [-0.4, -0.2) is 36.1 Å². The Morgan fingerprint density at radius 3 is 2.56 bits per heavy atom. The van der Waals surface area contributed by atoms with E-state index in [0.29, 0.717) is 5.54 Å². The summed E-state index contributed by atoms with van der Waals surface area (Å²) in [6, 6.07) is 4.15. The standard InChI is InChI=1S/C13H21N3/c1-11-5-6-12(14-9-11)15-10-13(16(2)3)7-4-8-13/h5-6,9H,4,7-8,10H2,1-3H3,(H,14,15). The molecule has 1 heterocycles. The Kier molecular flexibility index (Phi) is 3.15. The number of hydrogen-bond acceptors (Lipinski definition) is 3. The lowest BCUT2D eigenvalue weighted by Crippen LogP contribution is -2.54. The molecule has 0 atom stereocenters. The van der Waals surface area contributed by atoms with Crippen molar-refractivity contribution in [2.75, 3.05) is 26.0 Å². The van der Waals surface area contributed by atoms with Gasteiger partial charge in [-0.25, -0.2) is 4.98 Å². The highest BCUT2D eigenvalue weighted by Crippen LogP contribution is 2.36. The maximum atomic E-state index is 4.37. The lowest BCUT2D eigenvalue weighted by Gasteiger charge is -2.47. The number of pyridine rings is 1. The van der Waals surface area contributed by atoms with Gasteiger partial charge in [0.15, 0.2) is 0 Å². The van der Waals surface area contributed by atoms with Crippen molar-refractivity contribution in [3.05, 3.63) is 23.9 Å². The van der Waals surface area contributed by atoms with Crippen molar-refractivity contribution < 1.29 is 0 Å². The predicted molar refractivity (Wildman–Crippen MR) is 67.7 cm³/mol. The molecular weight excluding hydrogens is 198 g/mol. The van der Waals surface area contributed by atoms with Crippen molar-refractivity contribution in [3.8, 4) is 0 Å². The van der Waals surface area contributed by atoms with Gasteiger partial charge in [-0.2, -0.15) is 0 Å². The van der Waals surface area contributed by atoms with Gasteiger partial charge in [-0.05, 0) is 51.9 Å². The number of nitrogens with one attached hydrogen (secondary N) is 1. The van der Waals surface area contributed by atoms with Crippen LogP contribution in [0.3, 0.4) is 0 Å². The van der Waals surface area contributed by atoms with Crippen molar-refractivity contribution in [1.29, 1.82) is 0 Å². The number of aromatic nitrogens is 1. The van der Waals surface area contributed by atoms with E-state index in [1.165, 1.54) is 24.8 Å². The molecule has 0 spiro atoms. The zero-order chi connectivity index (χ0) is 11.6. The molecule has 3 nitrogen and oxygen atoms in total. The van der Waals surface area contributed by atoms with E-state index in [-0.39, 0.29) is 0 Å². The van der Waals surface area contributed by atoms with Crippen LogP contribution in [0, 0.1) is 6.92 Å². The van der Waals surface area contributed by atoms with Gasteiger partial charge in [0.25, 0.3) is 0 Å². The number of anilines is 1. The first-order chi connectivity index (χ1) is 7.62. The molecule has 16 heavy (non-hydrogen) atoms. The van der Waals surface area contributed by atoms with E-state index >= 15 is 0 Å². The van der Waals surface area contributed by atoms with Crippen LogP contribution in [0.4, 0.5) is 5.82 Å². The average Bonchev–Trinajstić information content (AvgIpc) is 2.18. The molecule has 0 radical (unpaired) electrons. The van der Waals surface area contributed by atoms with E-state index in [1.54, 1.807) is 0 Å². The summed E-state index contributed by atoms with van der Waals surface area (Å²) in [4.78, 5) is 6.71. The van der Waals surface area contributed by atoms with Gasteiger partial charge >= 0.3 is 0 Å². The van der Waals surface area contributed by atoms with E-state index in [1.807, 2.05) is 6.20 Å². The summed E-state index contributed by atoms with van der Waals surface area (Å²) in [5.41, 5.74) is 1.56. The van der Waals surface area contributed by atoms with Gasteiger partial charge in [-0.1, -0.05) is 6.07 Å². The fourth-order valence-electron chi connectivity index (χ4n) is 2.19. The lowest BCUT2D eigenvalue weighted by molar-refractivity contribution is 0.0738. The molecule has 1 aromatic rings. The molecule has 1 saturated carbocycles. The van der Waals surface area contributed by atoms with Crippen LogP contribution in [0.2, 0.25) is 0 Å². The third-order valence-corrected chi connectivity index (χ3v) is 3.74. The van der Waals surface area contributed by atoms with Crippen LogP contribution >= 0.6 is 0 Å². The zero-order valence-electron chi connectivity index (χ0n) is 10.5. The average molecular weight is 219 g/mol. The van der Waals surface area contributed by atoms with E-state index in [2.05, 4.69) is 48.4 Å². The second kappa shape index (κ2) is 4.42. The van der Waals surface area contributed by atoms with Crippen molar-refractivity contribution in [2.45, 2.75) is 31.7 Å². The fraction of sp³-hybridized carbons (Fsp3) is 0.615. The Labute approximate surface area is 97.9 Å². The molecule has 1 fully saturated rings. The molecule has 0 saturated heterocycles. The molecular formula is C13H21N3. The summed E-state index contributed by atoms with van der Waals surface area (Å²) in [6.07, 6.45) is 5.84. The molecule has 1 aliphatic carbocycles. The van der Waals surface area contributed by atoms with Gasteiger partial charge in [0.1, 0.15) is 5.82 Å². The van der Waals surface area contributed by atoms with Gasteiger partial charge < -0.3 is 10.2 Å². The maximum absolute atomic E-state index is 4.37. The summed E-state index contributed by atoms with van der Waals surface area (Å²) < 4.78 is 0. The van der Waals surface area contributed by atoms with Gasteiger partial charge in [-0.3, -0.25) is 0 Å². The topological polar surface area (TPSA) is 28.2 Å². The molecule has 0 aliphatic heterocycles. The summed E-state index contributed by atoms with van der Waals surface area (Å²) in [7, 11) is 4.34. The Hall–Kier alpha value is -1.09.